The number of nitrogens with one attached hydrogen (secondary N) is 1. The van der Waals surface area contributed by atoms with Crippen LogP contribution in [0, 0.1) is 11.8 Å². The highest BCUT2D eigenvalue weighted by Crippen LogP contribution is 2.19. The van der Waals surface area contributed by atoms with Crippen molar-refractivity contribution in [2.75, 3.05) is 4.72 Å². The molecule has 2 aromatic rings. The maximum Gasteiger partial charge on any atom is 0.261 e. The second kappa shape index (κ2) is 8.52. The minimum atomic E-state index is -3.72. The number of thiocarbonyl (C=S) groups is 1. The maximum atomic E-state index is 12.4. The van der Waals surface area contributed by atoms with Gasteiger partial charge < -0.3 is 0 Å². The van der Waals surface area contributed by atoms with Crippen molar-refractivity contribution in [3.05, 3.63) is 59.1 Å². The molecule has 0 radical (unpaired) electrons. The van der Waals surface area contributed by atoms with Crippen LogP contribution in [0.1, 0.15) is 19.4 Å². The van der Waals surface area contributed by atoms with Gasteiger partial charge in [0.25, 0.3) is 10.0 Å². The molecule has 0 spiro atoms. The molecule has 0 saturated carbocycles. The smallest absolute Gasteiger partial charge is 0.261 e. The summed E-state index contributed by atoms with van der Waals surface area (Å²) in [5, 5.41) is 11.1. The highest BCUT2D eigenvalue weighted by molar-refractivity contribution is 7.92. The third-order valence-electron chi connectivity index (χ3n) is 3.35. The predicted octanol–water partition coefficient (Wildman–Crippen LogP) is 3.92. The molecule has 5 nitrogen and oxygen atoms in total. The van der Waals surface area contributed by atoms with Crippen molar-refractivity contribution < 1.29 is 13.6 Å². The van der Waals surface area contributed by atoms with Gasteiger partial charge in [-0.25, -0.2) is 13.5 Å². The number of hydrogen-bond acceptors (Lipinski definition) is 4. The standard InChI is InChI=1S/C18H17ClN2O3S2/c1-13(21(22)14(2)25)6-7-15-4-3-5-17(12-15)20-26(23,24)18-10-8-16(19)9-11-18/h3-5,8-13,20,22H,1-2H3. The molecule has 0 bridgehead atoms. The van der Waals surface area contributed by atoms with Crippen LogP contribution < -0.4 is 4.72 Å². The first-order chi connectivity index (χ1) is 12.2. The molecule has 0 aliphatic rings. The van der Waals surface area contributed by atoms with E-state index < -0.39 is 16.1 Å². The van der Waals surface area contributed by atoms with Crippen LogP contribution in [0.2, 0.25) is 5.02 Å². The molecule has 0 heterocycles. The van der Waals surface area contributed by atoms with Crippen LogP contribution in [-0.4, -0.2) is 29.7 Å². The Hall–Kier alpha value is -2.11. The average molecular weight is 409 g/mol. The molecule has 1 unspecified atom stereocenters. The zero-order valence-electron chi connectivity index (χ0n) is 14.1. The fourth-order valence-corrected chi connectivity index (χ4v) is 3.34. The van der Waals surface area contributed by atoms with E-state index in [4.69, 9.17) is 23.8 Å². The van der Waals surface area contributed by atoms with Gasteiger partial charge in [0.2, 0.25) is 0 Å². The van der Waals surface area contributed by atoms with E-state index in [1.54, 1.807) is 38.1 Å². The number of hydroxylamine groups is 2. The second-order valence-electron chi connectivity index (χ2n) is 5.45. The zero-order chi connectivity index (χ0) is 19.3. The number of halogens is 1. The first-order valence-corrected chi connectivity index (χ1v) is 9.84. The molecule has 0 aliphatic carbocycles. The molecule has 136 valence electrons. The molecule has 2 aromatic carbocycles. The average Bonchev–Trinajstić information content (AvgIpc) is 2.59. The third kappa shape index (κ3) is 5.44. The van der Waals surface area contributed by atoms with Crippen molar-refractivity contribution >= 4 is 44.5 Å². The van der Waals surface area contributed by atoms with Gasteiger partial charge in [-0.2, -0.15) is 0 Å². The Bertz CT molecular complexity index is 964. The first kappa shape index (κ1) is 20.2. The number of benzene rings is 2. The SMILES string of the molecule is CC(=S)N(O)C(C)C#Cc1cccc(NS(=O)(=O)c2ccc(Cl)cc2)c1. The zero-order valence-corrected chi connectivity index (χ0v) is 16.5. The van der Waals surface area contributed by atoms with Crippen molar-refractivity contribution in [3.8, 4) is 11.8 Å². The van der Waals surface area contributed by atoms with Crippen molar-refractivity contribution in [3.63, 3.8) is 0 Å². The summed E-state index contributed by atoms with van der Waals surface area (Å²) in [5.41, 5.74) is 0.981. The topological polar surface area (TPSA) is 69.6 Å². The van der Waals surface area contributed by atoms with E-state index >= 15 is 0 Å². The minimum absolute atomic E-state index is 0.111. The van der Waals surface area contributed by atoms with Crippen LogP contribution in [0.25, 0.3) is 0 Å². The lowest BCUT2D eigenvalue weighted by atomic mass is 10.2. The monoisotopic (exact) mass is 408 g/mol. The Morgan fingerprint density at radius 2 is 1.92 bits per heavy atom. The van der Waals surface area contributed by atoms with Crippen molar-refractivity contribution in [1.29, 1.82) is 0 Å². The maximum absolute atomic E-state index is 12.4. The molecule has 0 amide bonds. The van der Waals surface area contributed by atoms with E-state index in [1.165, 1.54) is 24.3 Å². The number of hydrogen-bond donors (Lipinski definition) is 2. The third-order valence-corrected chi connectivity index (χ3v) is 5.19. The molecule has 1 atom stereocenters. The van der Waals surface area contributed by atoms with Gasteiger partial charge in [0.15, 0.2) is 0 Å². The molecule has 0 fully saturated rings. The Labute approximate surface area is 163 Å². The second-order valence-corrected chi connectivity index (χ2v) is 8.16. The van der Waals surface area contributed by atoms with Crippen LogP contribution in [0.3, 0.4) is 0 Å². The summed E-state index contributed by atoms with van der Waals surface area (Å²) in [6, 6.07) is 12.1. The van der Waals surface area contributed by atoms with Gasteiger partial charge in [0.05, 0.1) is 10.6 Å². The summed E-state index contributed by atoms with van der Waals surface area (Å²) in [4.78, 5) is 0.427. The lowest BCUT2D eigenvalue weighted by Crippen LogP contribution is -2.31. The molecule has 8 heteroatoms. The largest absolute Gasteiger partial charge is 0.287 e. The summed E-state index contributed by atoms with van der Waals surface area (Å²) in [5.74, 6) is 5.74. The normalized spacial score (nSPS) is 11.8. The summed E-state index contributed by atoms with van der Waals surface area (Å²) in [7, 11) is -3.72. The van der Waals surface area contributed by atoms with Gasteiger partial charge in [-0.3, -0.25) is 9.93 Å². The molecule has 2 rings (SSSR count). The van der Waals surface area contributed by atoms with Gasteiger partial charge in [0, 0.05) is 10.6 Å². The van der Waals surface area contributed by atoms with Crippen molar-refractivity contribution in [2.45, 2.75) is 24.8 Å². The number of rotatable bonds is 4. The van der Waals surface area contributed by atoms with Gasteiger partial charge in [-0.05, 0) is 56.3 Å². The molecular formula is C18H17ClN2O3S2. The molecule has 0 aliphatic heterocycles. The van der Waals surface area contributed by atoms with Crippen LogP contribution >= 0.6 is 23.8 Å². The molecule has 0 saturated heterocycles. The van der Waals surface area contributed by atoms with E-state index in [2.05, 4.69) is 16.6 Å². The van der Waals surface area contributed by atoms with Crippen LogP contribution in [0.4, 0.5) is 5.69 Å². The quantitative estimate of drug-likeness (QED) is 0.456. The van der Waals surface area contributed by atoms with E-state index in [0.717, 1.165) is 5.06 Å². The lowest BCUT2D eigenvalue weighted by molar-refractivity contribution is -0.0279. The summed E-state index contributed by atoms with van der Waals surface area (Å²) < 4.78 is 27.3. The van der Waals surface area contributed by atoms with Gasteiger partial charge >= 0.3 is 0 Å². The fraction of sp³-hybridized carbons (Fsp3) is 0.167. The number of sulfonamides is 1. The summed E-state index contributed by atoms with van der Waals surface area (Å²) in [6.07, 6.45) is 0. The van der Waals surface area contributed by atoms with Crippen molar-refractivity contribution in [1.82, 2.24) is 5.06 Å². The fourth-order valence-electron chi connectivity index (χ4n) is 2.01. The predicted molar refractivity (Wildman–Crippen MR) is 107 cm³/mol. The van der Waals surface area contributed by atoms with E-state index in [0.29, 0.717) is 21.3 Å². The van der Waals surface area contributed by atoms with Gasteiger partial charge in [-0.1, -0.05) is 41.7 Å². The molecular weight excluding hydrogens is 392 g/mol. The molecule has 2 N–H and O–H groups in total. The van der Waals surface area contributed by atoms with Gasteiger partial charge in [0.1, 0.15) is 11.0 Å². The highest BCUT2D eigenvalue weighted by atomic mass is 35.5. The number of anilines is 1. The minimum Gasteiger partial charge on any atom is -0.287 e. The highest BCUT2D eigenvalue weighted by Gasteiger charge is 2.14. The summed E-state index contributed by atoms with van der Waals surface area (Å²) in [6.45, 7) is 3.30. The lowest BCUT2D eigenvalue weighted by Gasteiger charge is -2.17. The first-order valence-electron chi connectivity index (χ1n) is 7.58. The Kier molecular flexibility index (Phi) is 6.62. The van der Waals surface area contributed by atoms with Crippen LogP contribution in [0.5, 0.6) is 0 Å². The van der Waals surface area contributed by atoms with E-state index in [1.807, 2.05) is 0 Å². The van der Waals surface area contributed by atoms with E-state index in [-0.39, 0.29) is 4.90 Å². The van der Waals surface area contributed by atoms with Gasteiger partial charge in [-0.15, -0.1) is 0 Å². The Balaban J connectivity index is 2.19. The molecule has 26 heavy (non-hydrogen) atoms. The Morgan fingerprint density at radius 1 is 1.27 bits per heavy atom. The van der Waals surface area contributed by atoms with Crippen LogP contribution in [-0.2, 0) is 10.0 Å². The summed E-state index contributed by atoms with van der Waals surface area (Å²) >= 11 is 10.7. The van der Waals surface area contributed by atoms with E-state index in [9.17, 15) is 13.6 Å². The Morgan fingerprint density at radius 3 is 2.54 bits per heavy atom. The van der Waals surface area contributed by atoms with Crippen molar-refractivity contribution in [2.24, 2.45) is 0 Å². The molecule has 0 aromatic heterocycles. The van der Waals surface area contributed by atoms with Crippen LogP contribution in [0.15, 0.2) is 53.4 Å². The number of nitrogens with zero attached hydrogens (tertiary/aromatic N) is 1.